The van der Waals surface area contributed by atoms with Crippen molar-refractivity contribution in [1.29, 1.82) is 0 Å². The van der Waals surface area contributed by atoms with Crippen molar-refractivity contribution >= 4 is 16.1 Å². The molecule has 0 aliphatic carbocycles. The number of carbonyl (C=O) groups is 1. The first-order valence-electron chi connectivity index (χ1n) is 7.46. The Bertz CT molecular complexity index is 679. The number of halogens is 1. The Balaban J connectivity index is 2.82. The van der Waals surface area contributed by atoms with Crippen molar-refractivity contribution in [3.05, 3.63) is 30.1 Å². The van der Waals surface area contributed by atoms with Gasteiger partial charge in [-0.15, -0.1) is 0 Å². The summed E-state index contributed by atoms with van der Waals surface area (Å²) in [6.07, 6.45) is -0.625. The molecule has 0 spiro atoms. The molecule has 0 aromatic heterocycles. The predicted octanol–water partition coefficient (Wildman–Crippen LogP) is 2.75. The second-order valence-electron chi connectivity index (χ2n) is 7.23. The zero-order valence-corrected chi connectivity index (χ0v) is 15.7. The smallest absolute Gasteiger partial charge is 0.408 e. The molecule has 0 bridgehead atoms. The number of nitrogens with one attached hydrogen (secondary N) is 1. The van der Waals surface area contributed by atoms with Crippen LogP contribution in [-0.2, 0) is 14.8 Å². The van der Waals surface area contributed by atoms with E-state index < -0.39 is 33.1 Å². The van der Waals surface area contributed by atoms with Gasteiger partial charge in [0.15, 0.2) is 0 Å². The molecule has 8 heteroatoms. The van der Waals surface area contributed by atoms with Crippen LogP contribution in [0.1, 0.15) is 34.6 Å². The van der Waals surface area contributed by atoms with E-state index in [4.69, 9.17) is 4.74 Å². The topological polar surface area (TPSA) is 75.7 Å². The quantitative estimate of drug-likeness (QED) is 0.876. The summed E-state index contributed by atoms with van der Waals surface area (Å²) in [7, 11) is -2.39. The van der Waals surface area contributed by atoms with Crippen molar-refractivity contribution in [2.75, 3.05) is 13.6 Å². The molecule has 1 aromatic rings. The fourth-order valence-corrected chi connectivity index (χ4v) is 3.38. The SMILES string of the molecule is CN(CC(C)(C)NC(=O)OC(C)(C)C)S(=O)(=O)c1ccc(F)cc1. The van der Waals surface area contributed by atoms with Gasteiger partial charge >= 0.3 is 6.09 Å². The molecule has 1 N–H and O–H groups in total. The minimum absolute atomic E-state index is 0.0144. The molecule has 6 nitrogen and oxygen atoms in total. The highest BCUT2D eigenvalue weighted by Gasteiger charge is 2.30. The largest absolute Gasteiger partial charge is 0.444 e. The average Bonchev–Trinajstić information content (AvgIpc) is 2.35. The molecule has 0 atom stereocenters. The van der Waals surface area contributed by atoms with Gasteiger partial charge in [0, 0.05) is 13.6 Å². The lowest BCUT2D eigenvalue weighted by Crippen LogP contribution is -2.52. The van der Waals surface area contributed by atoms with Crippen molar-refractivity contribution in [3.63, 3.8) is 0 Å². The van der Waals surface area contributed by atoms with Gasteiger partial charge in [-0.1, -0.05) is 0 Å². The molecule has 1 amide bonds. The van der Waals surface area contributed by atoms with Gasteiger partial charge in [0.1, 0.15) is 11.4 Å². The number of amides is 1. The summed E-state index contributed by atoms with van der Waals surface area (Å²) in [5.74, 6) is -0.511. The first kappa shape index (κ1) is 20.4. The van der Waals surface area contributed by atoms with Crippen molar-refractivity contribution in [2.45, 2.75) is 50.7 Å². The molecule has 0 aliphatic rings. The first-order valence-corrected chi connectivity index (χ1v) is 8.90. The van der Waals surface area contributed by atoms with Crippen LogP contribution in [0.5, 0.6) is 0 Å². The van der Waals surface area contributed by atoms with Crippen molar-refractivity contribution < 1.29 is 22.3 Å². The highest BCUT2D eigenvalue weighted by molar-refractivity contribution is 7.89. The number of hydrogen-bond donors (Lipinski definition) is 1. The van der Waals surface area contributed by atoms with Gasteiger partial charge in [-0.3, -0.25) is 0 Å². The zero-order valence-electron chi connectivity index (χ0n) is 14.9. The van der Waals surface area contributed by atoms with E-state index >= 15 is 0 Å². The Morgan fingerprint density at radius 3 is 2.12 bits per heavy atom. The van der Waals surface area contributed by atoms with E-state index in [1.54, 1.807) is 34.6 Å². The molecule has 0 radical (unpaired) electrons. The monoisotopic (exact) mass is 360 g/mol. The standard InChI is InChI=1S/C16H25FN2O4S/c1-15(2,3)23-14(20)18-16(4,5)11-19(6)24(21,22)13-9-7-12(17)8-10-13/h7-10H,11H2,1-6H3,(H,18,20). The lowest BCUT2D eigenvalue weighted by Gasteiger charge is -2.32. The maximum atomic E-state index is 13.0. The summed E-state index contributed by atoms with van der Waals surface area (Å²) < 4.78 is 44.2. The van der Waals surface area contributed by atoms with E-state index in [0.717, 1.165) is 16.4 Å². The number of benzene rings is 1. The Kier molecular flexibility index (Phi) is 6.00. The highest BCUT2D eigenvalue weighted by Crippen LogP contribution is 2.18. The molecule has 0 aliphatic heterocycles. The van der Waals surface area contributed by atoms with Gasteiger partial charge < -0.3 is 10.1 Å². The minimum Gasteiger partial charge on any atom is -0.444 e. The van der Waals surface area contributed by atoms with Crippen LogP contribution in [0.15, 0.2) is 29.2 Å². The van der Waals surface area contributed by atoms with Crippen LogP contribution >= 0.6 is 0 Å². The molecule has 0 fully saturated rings. The molecule has 0 unspecified atom stereocenters. The molecular formula is C16H25FN2O4S. The van der Waals surface area contributed by atoms with Crippen LogP contribution < -0.4 is 5.32 Å². The van der Waals surface area contributed by atoms with Gasteiger partial charge in [-0.25, -0.2) is 17.6 Å². The second-order valence-corrected chi connectivity index (χ2v) is 9.27. The number of likely N-dealkylation sites (N-methyl/N-ethyl adjacent to an activating group) is 1. The Morgan fingerprint density at radius 2 is 1.67 bits per heavy atom. The van der Waals surface area contributed by atoms with E-state index in [0.29, 0.717) is 0 Å². The third kappa shape index (κ3) is 6.09. The summed E-state index contributed by atoms with van der Waals surface area (Å²) in [4.78, 5) is 11.9. The number of rotatable bonds is 5. The van der Waals surface area contributed by atoms with Crippen molar-refractivity contribution in [2.24, 2.45) is 0 Å². The highest BCUT2D eigenvalue weighted by atomic mass is 32.2. The molecule has 24 heavy (non-hydrogen) atoms. The minimum atomic E-state index is -3.79. The lowest BCUT2D eigenvalue weighted by molar-refractivity contribution is 0.0464. The van der Waals surface area contributed by atoms with E-state index in [9.17, 15) is 17.6 Å². The third-order valence-electron chi connectivity index (χ3n) is 2.98. The second kappa shape index (κ2) is 7.06. The number of ether oxygens (including phenoxy) is 1. The maximum Gasteiger partial charge on any atom is 0.408 e. The molecule has 136 valence electrons. The predicted molar refractivity (Wildman–Crippen MR) is 89.7 cm³/mol. The van der Waals surface area contributed by atoms with E-state index in [1.807, 2.05) is 0 Å². The number of hydrogen-bond acceptors (Lipinski definition) is 4. The van der Waals surface area contributed by atoms with Crippen molar-refractivity contribution in [3.8, 4) is 0 Å². The fourth-order valence-electron chi connectivity index (χ4n) is 2.05. The van der Waals surface area contributed by atoms with Crippen LogP contribution in [0.25, 0.3) is 0 Å². The van der Waals surface area contributed by atoms with Crippen molar-refractivity contribution in [1.82, 2.24) is 9.62 Å². The summed E-state index contributed by atoms with van der Waals surface area (Å²) >= 11 is 0. The summed E-state index contributed by atoms with van der Waals surface area (Å²) in [5.41, 5.74) is -1.50. The van der Waals surface area contributed by atoms with Gasteiger partial charge in [0.2, 0.25) is 10.0 Å². The summed E-state index contributed by atoms with van der Waals surface area (Å²) in [6, 6.07) is 4.58. The molecule has 0 saturated heterocycles. The summed E-state index contributed by atoms with van der Waals surface area (Å²) in [6.45, 7) is 8.62. The molecular weight excluding hydrogens is 335 g/mol. The van der Waals surface area contributed by atoms with Crippen LogP contribution in [-0.4, -0.2) is 43.5 Å². The Labute approximate surface area is 143 Å². The van der Waals surface area contributed by atoms with Gasteiger partial charge in [-0.2, -0.15) is 4.31 Å². The fraction of sp³-hybridized carbons (Fsp3) is 0.562. The van der Waals surface area contributed by atoms with Crippen LogP contribution in [0, 0.1) is 5.82 Å². The zero-order chi connectivity index (χ0) is 18.8. The van der Waals surface area contributed by atoms with Crippen LogP contribution in [0.2, 0.25) is 0 Å². The van der Waals surface area contributed by atoms with Crippen LogP contribution in [0.3, 0.4) is 0 Å². The molecule has 0 saturated carbocycles. The van der Waals surface area contributed by atoms with E-state index in [-0.39, 0.29) is 11.4 Å². The summed E-state index contributed by atoms with van der Waals surface area (Å²) in [5, 5.41) is 2.65. The van der Waals surface area contributed by atoms with Gasteiger partial charge in [0.25, 0.3) is 0 Å². The third-order valence-corrected chi connectivity index (χ3v) is 4.80. The first-order chi connectivity index (χ1) is 10.7. The number of carbonyl (C=O) groups excluding carboxylic acids is 1. The Hall–Kier alpha value is -1.67. The molecule has 1 aromatic carbocycles. The van der Waals surface area contributed by atoms with Crippen LogP contribution in [0.4, 0.5) is 9.18 Å². The number of sulfonamides is 1. The Morgan fingerprint density at radius 1 is 1.17 bits per heavy atom. The molecule has 1 rings (SSSR count). The van der Waals surface area contributed by atoms with Gasteiger partial charge in [0.05, 0.1) is 10.4 Å². The maximum absolute atomic E-state index is 13.0. The average molecular weight is 360 g/mol. The number of nitrogens with zero attached hydrogens (tertiary/aromatic N) is 1. The van der Waals surface area contributed by atoms with Gasteiger partial charge in [-0.05, 0) is 58.9 Å². The molecule has 0 heterocycles. The lowest BCUT2D eigenvalue weighted by atomic mass is 10.1. The van der Waals surface area contributed by atoms with E-state index in [2.05, 4.69) is 5.32 Å². The normalized spacial score (nSPS) is 13.0. The van der Waals surface area contributed by atoms with E-state index in [1.165, 1.54) is 19.2 Å². The number of alkyl carbamates (subject to hydrolysis) is 1.